The first kappa shape index (κ1) is 20.4. The molecule has 4 rings (SSSR count). The average molecular weight is 408 g/mol. The molecule has 2 aromatic carbocycles. The number of benzene rings is 2. The molecule has 6 heteroatoms. The second kappa shape index (κ2) is 9.32. The summed E-state index contributed by atoms with van der Waals surface area (Å²) in [7, 11) is 5.49. The molecule has 1 saturated heterocycles. The van der Waals surface area contributed by atoms with E-state index in [1.807, 2.05) is 18.2 Å². The average Bonchev–Trinajstić information content (AvgIpc) is 2.79. The van der Waals surface area contributed by atoms with Gasteiger partial charge in [0.25, 0.3) is 0 Å². The predicted octanol–water partition coefficient (Wildman–Crippen LogP) is 3.72. The van der Waals surface area contributed by atoms with E-state index in [4.69, 9.17) is 19.2 Å². The van der Waals surface area contributed by atoms with Crippen LogP contribution in [-0.4, -0.2) is 57.5 Å². The summed E-state index contributed by atoms with van der Waals surface area (Å²) in [5.74, 6) is 1.49. The molecule has 0 aliphatic carbocycles. The summed E-state index contributed by atoms with van der Waals surface area (Å²) in [6.07, 6.45) is 0. The maximum Gasteiger partial charge on any atom is 0.218 e. The van der Waals surface area contributed by atoms with E-state index in [-0.39, 0.29) is 0 Å². The molecule has 0 amide bonds. The normalized spacial score (nSPS) is 14.3. The number of anilines is 1. The van der Waals surface area contributed by atoms with Crippen LogP contribution in [0.2, 0.25) is 0 Å². The van der Waals surface area contributed by atoms with Gasteiger partial charge < -0.3 is 19.1 Å². The number of fused-ring (bicyclic) bond motifs is 1. The number of hydrogen-bond donors (Lipinski definition) is 0. The van der Waals surface area contributed by atoms with E-state index in [9.17, 15) is 0 Å². The molecule has 0 unspecified atom stereocenters. The summed E-state index contributed by atoms with van der Waals surface area (Å²) < 4.78 is 16.5. The van der Waals surface area contributed by atoms with Gasteiger partial charge in [-0.15, -0.1) is 0 Å². The summed E-state index contributed by atoms with van der Waals surface area (Å²) >= 11 is 0. The Morgan fingerprint density at radius 1 is 0.967 bits per heavy atom. The number of aromatic nitrogens is 1. The van der Waals surface area contributed by atoms with Gasteiger partial charge in [0, 0.05) is 42.8 Å². The van der Waals surface area contributed by atoms with Crippen LogP contribution in [0.4, 0.5) is 5.69 Å². The lowest BCUT2D eigenvalue weighted by atomic mass is 10.1. The molecular formula is C24H29N3O3. The van der Waals surface area contributed by atoms with Gasteiger partial charge in [0.15, 0.2) is 0 Å². The Kier molecular flexibility index (Phi) is 6.35. The van der Waals surface area contributed by atoms with Crippen LogP contribution in [0.15, 0.2) is 48.5 Å². The second-order valence-corrected chi connectivity index (χ2v) is 7.62. The molecule has 3 aromatic rings. The Morgan fingerprint density at radius 2 is 1.73 bits per heavy atom. The molecular weight excluding hydrogens is 378 g/mol. The van der Waals surface area contributed by atoms with Crippen LogP contribution < -0.4 is 14.4 Å². The smallest absolute Gasteiger partial charge is 0.218 e. The topological polar surface area (TPSA) is 47.1 Å². The van der Waals surface area contributed by atoms with Crippen molar-refractivity contribution in [2.24, 2.45) is 0 Å². The number of pyridine rings is 1. The van der Waals surface area contributed by atoms with Crippen molar-refractivity contribution < 1.29 is 14.2 Å². The van der Waals surface area contributed by atoms with Crippen molar-refractivity contribution in [3.8, 4) is 11.6 Å². The Labute approximate surface area is 178 Å². The van der Waals surface area contributed by atoms with Gasteiger partial charge in [-0.05, 0) is 42.9 Å². The third-order valence-corrected chi connectivity index (χ3v) is 5.48. The maximum absolute atomic E-state index is 5.59. The fourth-order valence-electron chi connectivity index (χ4n) is 3.99. The van der Waals surface area contributed by atoms with E-state index in [0.29, 0.717) is 5.88 Å². The van der Waals surface area contributed by atoms with Gasteiger partial charge in [0.2, 0.25) is 5.88 Å². The number of ether oxygens (including phenoxy) is 3. The van der Waals surface area contributed by atoms with E-state index >= 15 is 0 Å². The number of para-hydroxylation sites is 1. The number of methoxy groups -OCH3 is 2. The number of nitrogens with zero attached hydrogens (tertiary/aromatic N) is 3. The highest BCUT2D eigenvalue weighted by atomic mass is 16.5. The number of morpholine rings is 1. The summed E-state index contributed by atoms with van der Waals surface area (Å²) in [4.78, 5) is 9.40. The second-order valence-electron chi connectivity index (χ2n) is 7.62. The molecule has 6 nitrogen and oxygen atoms in total. The highest BCUT2D eigenvalue weighted by Gasteiger charge is 2.16. The van der Waals surface area contributed by atoms with Crippen LogP contribution in [0.3, 0.4) is 0 Å². The monoisotopic (exact) mass is 407 g/mol. The zero-order chi connectivity index (χ0) is 20.9. The lowest BCUT2D eigenvalue weighted by molar-refractivity contribution is 0.122. The summed E-state index contributed by atoms with van der Waals surface area (Å²) in [5.41, 5.74) is 4.57. The molecule has 1 fully saturated rings. The van der Waals surface area contributed by atoms with Crippen molar-refractivity contribution in [1.82, 2.24) is 9.88 Å². The van der Waals surface area contributed by atoms with Gasteiger partial charge in [-0.2, -0.15) is 0 Å². The van der Waals surface area contributed by atoms with Crippen LogP contribution in [0, 0.1) is 0 Å². The minimum Gasteiger partial charge on any atom is -0.497 e. The molecule has 30 heavy (non-hydrogen) atoms. The highest BCUT2D eigenvalue weighted by Crippen LogP contribution is 2.28. The van der Waals surface area contributed by atoms with Crippen LogP contribution >= 0.6 is 0 Å². The Balaban J connectivity index is 1.55. The molecule has 0 saturated carbocycles. The van der Waals surface area contributed by atoms with Crippen molar-refractivity contribution in [3.63, 3.8) is 0 Å². The first-order chi connectivity index (χ1) is 14.7. The van der Waals surface area contributed by atoms with Crippen molar-refractivity contribution in [3.05, 3.63) is 59.7 Å². The van der Waals surface area contributed by atoms with Gasteiger partial charge in [-0.3, -0.25) is 4.90 Å². The largest absolute Gasteiger partial charge is 0.497 e. The summed E-state index contributed by atoms with van der Waals surface area (Å²) in [6.45, 7) is 5.02. The zero-order valence-electron chi connectivity index (χ0n) is 17.9. The minimum absolute atomic E-state index is 0.668. The third kappa shape index (κ3) is 4.50. The van der Waals surface area contributed by atoms with Crippen LogP contribution in [-0.2, 0) is 17.8 Å². The Hall–Kier alpha value is -2.83. The maximum atomic E-state index is 5.59. The van der Waals surface area contributed by atoms with E-state index in [1.54, 1.807) is 14.2 Å². The van der Waals surface area contributed by atoms with Crippen molar-refractivity contribution in [2.45, 2.75) is 13.1 Å². The van der Waals surface area contributed by atoms with Crippen LogP contribution in [0.5, 0.6) is 11.6 Å². The lowest BCUT2D eigenvalue weighted by Gasteiger charge is -2.31. The van der Waals surface area contributed by atoms with Crippen molar-refractivity contribution in [2.75, 3.05) is 52.5 Å². The van der Waals surface area contributed by atoms with Crippen molar-refractivity contribution >= 4 is 16.6 Å². The summed E-state index contributed by atoms with van der Waals surface area (Å²) in [6, 6.07) is 16.7. The van der Waals surface area contributed by atoms with Gasteiger partial charge >= 0.3 is 0 Å². The Bertz CT molecular complexity index is 1000. The fourth-order valence-corrected chi connectivity index (χ4v) is 3.99. The molecule has 0 radical (unpaired) electrons. The minimum atomic E-state index is 0.668. The summed E-state index contributed by atoms with van der Waals surface area (Å²) in [5, 5.41) is 1.05. The molecule has 0 bridgehead atoms. The standard InChI is InChI=1S/C24H29N3O3/c1-26(16-18-6-4-5-7-23(18)27-10-12-30-13-11-27)17-20-14-19-15-21(28-2)8-9-22(19)25-24(20)29-3/h4-9,14-15H,10-13,16-17H2,1-3H3. The number of rotatable bonds is 7. The first-order valence-corrected chi connectivity index (χ1v) is 10.3. The Morgan fingerprint density at radius 3 is 2.50 bits per heavy atom. The highest BCUT2D eigenvalue weighted by molar-refractivity contribution is 5.81. The molecule has 1 aliphatic rings. The van der Waals surface area contributed by atoms with Crippen molar-refractivity contribution in [1.29, 1.82) is 0 Å². The van der Waals surface area contributed by atoms with Gasteiger partial charge in [-0.25, -0.2) is 4.98 Å². The molecule has 2 heterocycles. The van der Waals surface area contributed by atoms with Crippen LogP contribution in [0.25, 0.3) is 10.9 Å². The molecule has 158 valence electrons. The lowest BCUT2D eigenvalue weighted by Crippen LogP contribution is -2.37. The predicted molar refractivity (Wildman–Crippen MR) is 119 cm³/mol. The van der Waals surface area contributed by atoms with Gasteiger partial charge in [0.1, 0.15) is 5.75 Å². The molecule has 1 aliphatic heterocycles. The molecule has 1 aromatic heterocycles. The number of hydrogen-bond acceptors (Lipinski definition) is 6. The first-order valence-electron chi connectivity index (χ1n) is 10.3. The fraction of sp³-hybridized carbons (Fsp3) is 0.375. The van der Waals surface area contributed by atoms with E-state index in [2.05, 4.69) is 47.2 Å². The molecule has 0 N–H and O–H groups in total. The van der Waals surface area contributed by atoms with E-state index < -0.39 is 0 Å². The zero-order valence-corrected chi connectivity index (χ0v) is 17.9. The molecule has 0 spiro atoms. The van der Waals surface area contributed by atoms with Gasteiger partial charge in [-0.1, -0.05) is 18.2 Å². The van der Waals surface area contributed by atoms with E-state index in [0.717, 1.165) is 61.6 Å². The van der Waals surface area contributed by atoms with Gasteiger partial charge in [0.05, 0.1) is 33.0 Å². The molecule has 0 atom stereocenters. The third-order valence-electron chi connectivity index (χ3n) is 5.48. The van der Waals surface area contributed by atoms with Crippen LogP contribution in [0.1, 0.15) is 11.1 Å². The SMILES string of the molecule is COc1ccc2nc(OC)c(CN(C)Cc3ccccc3N3CCOCC3)cc2c1. The van der Waals surface area contributed by atoms with E-state index in [1.165, 1.54) is 11.3 Å². The quantitative estimate of drug-likeness (QED) is 0.595.